The van der Waals surface area contributed by atoms with Crippen molar-refractivity contribution in [1.82, 2.24) is 15.3 Å². The van der Waals surface area contributed by atoms with Crippen molar-refractivity contribution in [1.29, 1.82) is 0 Å². The van der Waals surface area contributed by atoms with Crippen LogP contribution in [0, 0.1) is 0 Å². The summed E-state index contributed by atoms with van der Waals surface area (Å²) in [4.78, 5) is 52.6. The third kappa shape index (κ3) is 8.18. The Labute approximate surface area is 241 Å². The monoisotopic (exact) mass is 493 g/mol. The maximum Gasteiger partial charge on any atom is 1.00 e. The first-order valence-corrected chi connectivity index (χ1v) is 9.72. The number of hydrogen-bond acceptors (Lipinski definition) is 9. The number of carboxylic acid groups (broad SMARTS) is 2. The quantitative estimate of drug-likeness (QED) is 0.154. The molecule has 1 aliphatic heterocycles. The third-order valence-corrected chi connectivity index (χ3v) is 4.75. The second-order valence-corrected chi connectivity index (χ2v) is 7.15. The minimum atomic E-state index is -1.30. The molecule has 34 heavy (non-hydrogen) atoms. The fourth-order valence-electron chi connectivity index (χ4n) is 3.10. The maximum absolute atomic E-state index is 12.3. The number of aliphatic carboxylic acids is 2. The van der Waals surface area contributed by atoms with E-state index >= 15 is 0 Å². The minimum absolute atomic E-state index is 0. The summed E-state index contributed by atoms with van der Waals surface area (Å²) < 4.78 is 0. The number of nitrogens with zero attached hydrogens (tertiary/aromatic N) is 1. The van der Waals surface area contributed by atoms with Gasteiger partial charge in [0.05, 0.1) is 6.04 Å². The van der Waals surface area contributed by atoms with Crippen LogP contribution < -0.4 is 91.7 Å². The van der Waals surface area contributed by atoms with Crippen molar-refractivity contribution < 1.29 is 86.6 Å². The van der Waals surface area contributed by atoms with Crippen LogP contribution in [0.1, 0.15) is 26.1 Å². The Morgan fingerprint density at radius 1 is 1.21 bits per heavy atom. The number of nitrogen functional groups attached to an aromatic ring is 1. The zero-order valence-electron chi connectivity index (χ0n) is 20.8. The van der Waals surface area contributed by atoms with Crippen LogP contribution in [0.3, 0.4) is 0 Å². The largest absolute Gasteiger partial charge is 1.00 e. The van der Waals surface area contributed by atoms with Crippen LogP contribution in [0.2, 0.25) is 0 Å². The van der Waals surface area contributed by atoms with E-state index < -0.39 is 23.9 Å². The summed E-state index contributed by atoms with van der Waals surface area (Å²) in [6, 6.07) is 4.93. The van der Waals surface area contributed by atoms with Crippen LogP contribution in [0.15, 0.2) is 29.1 Å². The Bertz CT molecular complexity index is 1090. The second-order valence-electron chi connectivity index (χ2n) is 7.15. The van der Waals surface area contributed by atoms with Crippen LogP contribution in [0.5, 0.6) is 0 Å². The summed E-state index contributed by atoms with van der Waals surface area (Å²) in [6.07, 6.45) is -0.587. The number of H-pyrrole nitrogens is 1. The van der Waals surface area contributed by atoms with Gasteiger partial charge in [0.25, 0.3) is 11.5 Å². The Morgan fingerprint density at radius 2 is 1.88 bits per heavy atom. The van der Waals surface area contributed by atoms with E-state index in [9.17, 15) is 19.2 Å². The summed E-state index contributed by atoms with van der Waals surface area (Å²) >= 11 is 0. The number of carboxylic acids is 2. The van der Waals surface area contributed by atoms with E-state index in [1.54, 1.807) is 12.1 Å². The van der Waals surface area contributed by atoms with Gasteiger partial charge in [-0.1, -0.05) is 0 Å². The second kappa shape index (κ2) is 13.6. The van der Waals surface area contributed by atoms with E-state index in [0.717, 1.165) is 0 Å². The topological polar surface area (TPSA) is 212 Å². The summed E-state index contributed by atoms with van der Waals surface area (Å²) in [5.74, 6) is -2.64. The predicted octanol–water partition coefficient (Wildman–Crippen LogP) is -6.05. The molecule has 1 aliphatic rings. The van der Waals surface area contributed by atoms with Crippen LogP contribution in [-0.2, 0) is 9.59 Å². The molecule has 174 valence electrons. The summed E-state index contributed by atoms with van der Waals surface area (Å²) in [7, 11) is 0. The number of nitrogens with one attached hydrogen (secondary N) is 5. The van der Waals surface area contributed by atoms with Crippen molar-refractivity contribution in [2.24, 2.45) is 0 Å². The van der Waals surface area contributed by atoms with Gasteiger partial charge in [0.1, 0.15) is 11.7 Å². The van der Waals surface area contributed by atoms with E-state index in [0.29, 0.717) is 30.3 Å². The van der Waals surface area contributed by atoms with Crippen molar-refractivity contribution in [3.63, 3.8) is 0 Å². The fraction of sp³-hybridized carbons (Fsp3) is 0.316. The summed E-state index contributed by atoms with van der Waals surface area (Å²) in [6.45, 7) is 0.960. The van der Waals surface area contributed by atoms with Gasteiger partial charge in [-0.2, -0.15) is 4.98 Å². The first-order valence-electron chi connectivity index (χ1n) is 9.72. The average molecular weight is 493 g/mol. The number of fused-ring (bicyclic) bond motifs is 1. The Balaban J connectivity index is 0. The molecule has 0 bridgehead atoms. The number of nitrogens with two attached hydrogens (primary N) is 1. The number of amides is 1. The molecular formula is C19H25N7Na2O6. The van der Waals surface area contributed by atoms with Gasteiger partial charge < -0.3 is 40.1 Å². The number of hydrogen-bond donors (Lipinski definition) is 8. The number of carbonyl (C=O) groups excluding carboxylic acids is 1. The van der Waals surface area contributed by atoms with Crippen LogP contribution in [0.4, 0.5) is 23.1 Å². The van der Waals surface area contributed by atoms with Crippen molar-refractivity contribution in [2.45, 2.75) is 24.9 Å². The van der Waals surface area contributed by atoms with Gasteiger partial charge >= 0.3 is 71.1 Å². The van der Waals surface area contributed by atoms with Crippen molar-refractivity contribution >= 4 is 41.0 Å². The molecule has 1 aromatic carbocycles. The van der Waals surface area contributed by atoms with Crippen molar-refractivity contribution in [3.8, 4) is 0 Å². The summed E-state index contributed by atoms with van der Waals surface area (Å²) in [5, 5.41) is 29.5. The number of carbonyl (C=O) groups is 3. The van der Waals surface area contributed by atoms with Crippen LogP contribution in [-0.4, -0.2) is 63.2 Å². The molecule has 3 rings (SSSR count). The molecule has 9 N–H and O–H groups in total. The molecule has 2 atom stereocenters. The van der Waals surface area contributed by atoms with Crippen LogP contribution >= 0.6 is 0 Å². The minimum Gasteiger partial charge on any atom is -1.00 e. The Morgan fingerprint density at radius 3 is 2.50 bits per heavy atom. The molecule has 1 amide bonds. The molecule has 0 saturated carbocycles. The fourth-order valence-corrected chi connectivity index (χ4v) is 3.10. The van der Waals surface area contributed by atoms with Gasteiger partial charge in [-0.05, 0) is 30.7 Å². The van der Waals surface area contributed by atoms with E-state index in [2.05, 4.69) is 31.2 Å². The summed E-state index contributed by atoms with van der Waals surface area (Å²) in [5.41, 5.74) is 6.40. The molecule has 0 fully saturated rings. The van der Waals surface area contributed by atoms with E-state index in [-0.39, 0.29) is 97.9 Å². The smallest absolute Gasteiger partial charge is 1.00 e. The Hall–Kier alpha value is -2.29. The number of benzene rings is 1. The Kier molecular flexibility index (Phi) is 11.9. The zero-order chi connectivity index (χ0) is 23.3. The van der Waals surface area contributed by atoms with Crippen molar-refractivity contribution in [2.75, 3.05) is 34.8 Å². The van der Waals surface area contributed by atoms with Gasteiger partial charge in [0, 0.05) is 30.8 Å². The third-order valence-electron chi connectivity index (χ3n) is 4.75. The van der Waals surface area contributed by atoms with E-state index in [1.165, 1.54) is 12.1 Å². The first kappa shape index (κ1) is 29.7. The number of aromatic amines is 1. The number of anilines is 4. The molecule has 2 aromatic rings. The molecule has 13 nitrogen and oxygen atoms in total. The number of aromatic nitrogens is 2. The van der Waals surface area contributed by atoms with Gasteiger partial charge in [0.15, 0.2) is 5.82 Å². The predicted molar refractivity (Wildman–Crippen MR) is 118 cm³/mol. The number of rotatable bonds is 9. The average Bonchev–Trinajstić information content (AvgIpc) is 2.75. The van der Waals surface area contributed by atoms with Crippen molar-refractivity contribution in [3.05, 3.63) is 40.2 Å². The van der Waals surface area contributed by atoms with Gasteiger partial charge in [-0.15, -0.1) is 0 Å². The molecule has 0 radical (unpaired) electrons. The molecule has 2 heterocycles. The molecule has 15 heteroatoms. The van der Waals surface area contributed by atoms with Gasteiger partial charge in [-0.3, -0.25) is 19.4 Å². The molecular weight excluding hydrogens is 468 g/mol. The van der Waals surface area contributed by atoms with Gasteiger partial charge in [0.2, 0.25) is 5.95 Å². The first-order chi connectivity index (χ1) is 15.2. The normalized spacial score (nSPS) is 14.5. The van der Waals surface area contributed by atoms with E-state index in [4.69, 9.17) is 15.9 Å². The molecule has 0 aliphatic carbocycles. The van der Waals surface area contributed by atoms with Gasteiger partial charge in [-0.25, -0.2) is 4.79 Å². The van der Waals surface area contributed by atoms with Crippen LogP contribution in [0.25, 0.3) is 0 Å². The zero-order valence-corrected chi connectivity index (χ0v) is 22.8. The molecule has 0 saturated heterocycles. The molecule has 1 unspecified atom stereocenters. The van der Waals surface area contributed by atoms with E-state index in [1.807, 2.05) is 0 Å². The molecule has 1 aromatic heterocycles. The molecule has 0 spiro atoms. The maximum atomic E-state index is 12.3. The SMILES string of the molecule is Nc1nc2c(c(=O)[nH]1)NC(CNc1ccc(C(=O)N[C@@H](CCC(=O)O)C(=O)O)cc1)CN2.[H-].[H-].[Na+].[Na+]. The standard InChI is InChI=1S/C19H23N7O6.2Na.2H/c20-19-25-15-14(17(30)26-19)23-11(8-22-15)7-21-10-3-1-9(2-4-10)16(29)24-12(18(31)32)5-6-13(27)28;;;;/h1-4,11-12,21,23H,5-8H2,(H,24,29)(H,27,28)(H,31,32)(H4,20,22,25,26,30);;;;/q;2*+1;2*-1/t11?,12-;;;;/m0..../s1.